The predicted octanol–water partition coefficient (Wildman–Crippen LogP) is 5.20. The number of pyridine rings is 1. The molecule has 0 fully saturated rings. The number of benzene rings is 3. The predicted molar refractivity (Wildman–Crippen MR) is 169 cm³/mol. The summed E-state index contributed by atoms with van der Waals surface area (Å²) >= 11 is 0. The van der Waals surface area contributed by atoms with Crippen LogP contribution in [0.15, 0.2) is 89.8 Å². The first-order chi connectivity index (χ1) is 19.9. The molecular weight excluding hydrogens is 548 g/mol. The topological polar surface area (TPSA) is 94.0 Å². The van der Waals surface area contributed by atoms with Gasteiger partial charge < -0.3 is 14.9 Å². The number of aliphatic hydroxyl groups excluding tert-OH is 1. The van der Waals surface area contributed by atoms with Crippen LogP contribution in [0.5, 0.6) is 0 Å². The molecule has 222 valence electrons. The summed E-state index contributed by atoms with van der Waals surface area (Å²) < 4.78 is 29.5. The first-order valence-electron chi connectivity index (χ1n) is 14.0. The van der Waals surface area contributed by atoms with E-state index in [9.17, 15) is 18.3 Å². The monoisotopic (exact) mass is 588 g/mol. The second-order valence-electron chi connectivity index (χ2n) is 11.6. The molecule has 0 spiro atoms. The molecule has 0 unspecified atom stereocenters. The number of fused-ring (bicyclic) bond motifs is 1. The average Bonchev–Trinajstić information content (AvgIpc) is 2.97. The van der Waals surface area contributed by atoms with E-state index < -0.39 is 16.6 Å². The Morgan fingerprint density at radius 1 is 0.881 bits per heavy atom. The van der Waals surface area contributed by atoms with E-state index in [2.05, 4.69) is 20.8 Å². The van der Waals surface area contributed by atoms with Gasteiger partial charge in [-0.25, -0.2) is 8.42 Å². The van der Waals surface area contributed by atoms with Crippen LogP contribution in [-0.2, 0) is 26.8 Å². The lowest BCUT2D eigenvalue weighted by Gasteiger charge is -2.29. The van der Waals surface area contributed by atoms with E-state index in [1.165, 1.54) is 4.31 Å². The Hall–Kier alpha value is -3.95. The van der Waals surface area contributed by atoms with E-state index in [-0.39, 0.29) is 35.9 Å². The highest BCUT2D eigenvalue weighted by Gasteiger charge is 2.30. The number of anilines is 2. The molecule has 0 radical (unpaired) electrons. The number of rotatable bonds is 11. The first kappa shape index (κ1) is 31.0. The van der Waals surface area contributed by atoms with Crippen molar-refractivity contribution >= 4 is 38.2 Å². The first-order valence-corrected chi connectivity index (χ1v) is 15.5. The zero-order chi connectivity index (χ0) is 30.5. The van der Waals surface area contributed by atoms with Gasteiger partial charge in [-0.1, -0.05) is 63.2 Å². The molecule has 1 N–H and O–H groups in total. The Morgan fingerprint density at radius 3 is 2.24 bits per heavy atom. The summed E-state index contributed by atoms with van der Waals surface area (Å²) in [6, 6.07) is 25.5. The lowest BCUT2D eigenvalue weighted by atomic mass is 9.87. The van der Waals surface area contributed by atoms with E-state index in [0.29, 0.717) is 17.8 Å². The third-order valence-electron chi connectivity index (χ3n) is 7.17. The highest BCUT2D eigenvalue weighted by atomic mass is 32.2. The van der Waals surface area contributed by atoms with E-state index >= 15 is 0 Å². The van der Waals surface area contributed by atoms with Crippen molar-refractivity contribution < 1.29 is 18.3 Å². The third-order valence-corrected chi connectivity index (χ3v) is 8.96. The van der Waals surface area contributed by atoms with Gasteiger partial charge >= 0.3 is 0 Å². The van der Waals surface area contributed by atoms with Crippen LogP contribution in [0.4, 0.5) is 11.4 Å². The second kappa shape index (κ2) is 12.9. The van der Waals surface area contributed by atoms with Crippen molar-refractivity contribution in [1.82, 2.24) is 9.88 Å². The van der Waals surface area contributed by atoms with Gasteiger partial charge in [0, 0.05) is 38.3 Å². The van der Waals surface area contributed by atoms with E-state index in [1.54, 1.807) is 35.2 Å². The number of hydrogen-bond acceptors (Lipinski definition) is 6. The molecule has 1 aromatic heterocycles. The van der Waals surface area contributed by atoms with Gasteiger partial charge in [0.2, 0.25) is 5.91 Å². The summed E-state index contributed by atoms with van der Waals surface area (Å²) in [4.78, 5) is 22.1. The maximum atomic E-state index is 14.1. The summed E-state index contributed by atoms with van der Waals surface area (Å²) in [5.41, 5.74) is 3.56. The maximum absolute atomic E-state index is 14.1. The molecule has 4 aromatic rings. The molecule has 42 heavy (non-hydrogen) atoms. The third kappa shape index (κ3) is 7.27. The molecule has 0 bridgehead atoms. The lowest BCUT2D eigenvalue weighted by molar-refractivity contribution is -0.130. The van der Waals surface area contributed by atoms with Gasteiger partial charge in [0.25, 0.3) is 10.0 Å². The van der Waals surface area contributed by atoms with Crippen molar-refractivity contribution in [3.63, 3.8) is 0 Å². The number of hydrogen-bond donors (Lipinski definition) is 1. The number of sulfonamides is 1. The minimum atomic E-state index is -4.11. The minimum Gasteiger partial charge on any atom is -0.396 e. The van der Waals surface area contributed by atoms with Crippen molar-refractivity contribution in [3.05, 3.63) is 96.2 Å². The quantitative estimate of drug-likeness (QED) is 0.259. The van der Waals surface area contributed by atoms with Gasteiger partial charge in [-0.05, 0) is 59.9 Å². The van der Waals surface area contributed by atoms with Crippen molar-refractivity contribution in [1.29, 1.82) is 0 Å². The summed E-state index contributed by atoms with van der Waals surface area (Å²) in [6.45, 7) is 6.16. The van der Waals surface area contributed by atoms with Gasteiger partial charge in [0.1, 0.15) is 6.54 Å². The fourth-order valence-corrected chi connectivity index (χ4v) is 6.07. The fourth-order valence-electron chi connectivity index (χ4n) is 4.66. The highest BCUT2D eigenvalue weighted by Crippen LogP contribution is 2.29. The molecule has 3 aromatic carbocycles. The molecule has 4 rings (SSSR count). The smallest absolute Gasteiger partial charge is 0.264 e. The molecule has 0 saturated heterocycles. The van der Waals surface area contributed by atoms with E-state index in [4.69, 9.17) is 4.98 Å². The van der Waals surface area contributed by atoms with Gasteiger partial charge in [0.05, 0.1) is 28.3 Å². The van der Waals surface area contributed by atoms with E-state index in [1.807, 2.05) is 73.6 Å². The number of aromatic nitrogens is 1. The number of carbonyl (C=O) groups is 1. The lowest BCUT2D eigenvalue weighted by Crippen LogP contribution is -2.43. The maximum Gasteiger partial charge on any atom is 0.264 e. The number of amides is 1. The molecular formula is C33H40N4O4S. The highest BCUT2D eigenvalue weighted by molar-refractivity contribution is 7.92. The zero-order valence-electron chi connectivity index (χ0n) is 25.0. The van der Waals surface area contributed by atoms with Crippen LogP contribution in [-0.4, -0.2) is 63.1 Å². The number of para-hydroxylation sites is 1. The molecule has 8 nitrogen and oxygen atoms in total. The Labute approximate surface area is 249 Å². The summed E-state index contributed by atoms with van der Waals surface area (Å²) in [5.74, 6) is -0.386. The normalized spacial score (nSPS) is 11.9. The van der Waals surface area contributed by atoms with Crippen LogP contribution >= 0.6 is 0 Å². The van der Waals surface area contributed by atoms with Gasteiger partial charge in [-0.15, -0.1) is 0 Å². The SMILES string of the molecule is CN(C)c1cccc(N(CC(=O)N(CCCO)Cc2ccc3ccccc3n2)S(=O)(=O)c2ccc(C(C)(C)C)cc2)c1. The van der Waals surface area contributed by atoms with Gasteiger partial charge in [0.15, 0.2) is 0 Å². The van der Waals surface area contributed by atoms with Crippen LogP contribution in [0, 0.1) is 0 Å². The Balaban J connectivity index is 1.70. The van der Waals surface area contributed by atoms with Crippen LogP contribution in [0.25, 0.3) is 10.9 Å². The summed E-state index contributed by atoms with van der Waals surface area (Å²) in [5, 5.41) is 10.5. The van der Waals surface area contributed by atoms with E-state index in [0.717, 1.165) is 22.2 Å². The Kier molecular flexibility index (Phi) is 9.53. The molecule has 0 atom stereocenters. The number of carbonyl (C=O) groups excluding carboxylic acids is 1. The molecule has 0 aliphatic carbocycles. The molecule has 0 saturated carbocycles. The molecule has 1 heterocycles. The van der Waals surface area contributed by atoms with Crippen molar-refractivity contribution in [3.8, 4) is 0 Å². The van der Waals surface area contributed by atoms with Crippen molar-refractivity contribution in [2.75, 3.05) is 43.0 Å². The molecule has 0 aliphatic heterocycles. The Morgan fingerprint density at radius 2 is 1.57 bits per heavy atom. The molecule has 1 amide bonds. The molecule has 9 heteroatoms. The fraction of sp³-hybridized carbons (Fsp3) is 0.333. The van der Waals surface area contributed by atoms with Crippen LogP contribution < -0.4 is 9.21 Å². The summed E-state index contributed by atoms with van der Waals surface area (Å²) in [7, 11) is -0.354. The Bertz CT molecular complexity index is 1630. The summed E-state index contributed by atoms with van der Waals surface area (Å²) in [6.07, 6.45) is 0.358. The second-order valence-corrected chi connectivity index (χ2v) is 13.5. The standard InChI is InChI=1S/C33H40N4O4S/c1-33(2,3)26-15-18-30(19-16-26)42(40,41)37(29-12-8-11-28(22-29)35(4)5)24-32(39)36(20-9-21-38)23-27-17-14-25-10-6-7-13-31(25)34-27/h6-8,10-19,22,38H,9,20-21,23-24H2,1-5H3. The number of nitrogens with zero attached hydrogens (tertiary/aromatic N) is 4. The van der Waals surface area contributed by atoms with Crippen molar-refractivity contribution in [2.24, 2.45) is 0 Å². The van der Waals surface area contributed by atoms with Crippen LogP contribution in [0.1, 0.15) is 38.4 Å². The van der Waals surface area contributed by atoms with Gasteiger partial charge in [-0.2, -0.15) is 0 Å². The zero-order valence-corrected chi connectivity index (χ0v) is 25.8. The number of aliphatic hydroxyl groups is 1. The minimum absolute atomic E-state index is 0.0953. The largest absolute Gasteiger partial charge is 0.396 e. The molecule has 0 aliphatic rings. The van der Waals surface area contributed by atoms with Gasteiger partial charge in [-0.3, -0.25) is 14.1 Å². The van der Waals surface area contributed by atoms with Crippen LogP contribution in [0.2, 0.25) is 0 Å². The average molecular weight is 589 g/mol. The van der Waals surface area contributed by atoms with Crippen LogP contribution in [0.3, 0.4) is 0 Å². The van der Waals surface area contributed by atoms with Crippen molar-refractivity contribution in [2.45, 2.75) is 44.0 Å².